The molecule has 0 rings (SSSR count). The molecule has 0 fully saturated rings. The van der Waals surface area contributed by atoms with Crippen molar-refractivity contribution in [2.75, 3.05) is 0 Å². The molecule has 0 saturated heterocycles. The normalized spacial score (nSPS) is 12.8. The van der Waals surface area contributed by atoms with Crippen molar-refractivity contribution in [2.45, 2.75) is 40.3 Å². The van der Waals surface area contributed by atoms with Gasteiger partial charge in [-0.15, -0.1) is 0 Å². The van der Waals surface area contributed by atoms with Gasteiger partial charge in [0.05, 0.1) is 5.66 Å². The van der Waals surface area contributed by atoms with Gasteiger partial charge in [0.15, 0.2) is 0 Å². The molecule has 5 heteroatoms. The van der Waals surface area contributed by atoms with Crippen LogP contribution >= 0.6 is 0 Å². The van der Waals surface area contributed by atoms with Gasteiger partial charge in [-0.05, 0) is 18.3 Å². The van der Waals surface area contributed by atoms with E-state index in [1.807, 2.05) is 6.92 Å². The van der Waals surface area contributed by atoms with E-state index < -0.39 is 21.0 Å². The summed E-state index contributed by atoms with van der Waals surface area (Å²) in [5, 5.41) is 0. The molecule has 0 spiro atoms. The van der Waals surface area contributed by atoms with Gasteiger partial charge in [-0.25, -0.2) is 0 Å². The van der Waals surface area contributed by atoms with Crippen molar-refractivity contribution in [3.8, 4) is 0 Å². The molecule has 0 amide bonds. The number of hydrogen-bond acceptors (Lipinski definition) is 2. The van der Waals surface area contributed by atoms with Crippen LogP contribution < -0.4 is 11.5 Å². The van der Waals surface area contributed by atoms with Crippen molar-refractivity contribution in [2.24, 2.45) is 22.8 Å². The van der Waals surface area contributed by atoms with Gasteiger partial charge in [0.1, 0.15) is 0 Å². The fourth-order valence-corrected chi connectivity index (χ4v) is 0.622. The van der Waals surface area contributed by atoms with E-state index in [1.165, 1.54) is 0 Å². The van der Waals surface area contributed by atoms with Gasteiger partial charge in [-0.3, -0.25) is 0 Å². The van der Waals surface area contributed by atoms with Crippen molar-refractivity contribution >= 4 is 0 Å². The molecular weight excluding hydrogens is 221 g/mol. The Labute approximate surface area is 86.1 Å². The summed E-state index contributed by atoms with van der Waals surface area (Å²) in [6.07, 6.45) is 0. The van der Waals surface area contributed by atoms with Crippen LogP contribution in [-0.4, -0.2) is 5.66 Å². The molecule has 0 aliphatic carbocycles. The van der Waals surface area contributed by atoms with Crippen LogP contribution in [0.5, 0.6) is 0 Å². The molecule has 0 unspecified atom stereocenters. The van der Waals surface area contributed by atoms with Crippen LogP contribution in [0, 0.1) is 11.3 Å². The molecule has 2 nitrogen and oxygen atoms in total. The average Bonchev–Trinajstić information content (AvgIpc) is 1.86. The second kappa shape index (κ2) is 5.89. The summed E-state index contributed by atoms with van der Waals surface area (Å²) in [5.74, 6) is 0.507. The van der Waals surface area contributed by atoms with Gasteiger partial charge in [0.2, 0.25) is 0 Å². The zero-order chi connectivity index (χ0) is 11.3. The Balaban J connectivity index is 0. The standard InChI is InChI=1S/C8H20N2.2FH.Ni/c1-6(2)7(3,4)8(5,9)10;;;/h6H,9-10H2,1-5H3;2*1H;/q;;;+2/p-2. The third-order valence-corrected chi connectivity index (χ3v) is 2.83. The van der Waals surface area contributed by atoms with Crippen LogP contribution in [0.15, 0.2) is 0 Å². The van der Waals surface area contributed by atoms with Crippen molar-refractivity contribution in [1.29, 1.82) is 0 Å². The zero-order valence-corrected chi connectivity index (χ0v) is 9.79. The number of halogens is 2. The second-order valence-electron chi connectivity index (χ2n) is 4.20. The van der Waals surface area contributed by atoms with E-state index in [0.717, 1.165) is 0 Å². The summed E-state index contributed by atoms with van der Waals surface area (Å²) >= 11 is -1.38. The van der Waals surface area contributed by atoms with Crippen molar-refractivity contribution in [1.82, 2.24) is 0 Å². The molecule has 13 heavy (non-hydrogen) atoms. The monoisotopic (exact) mass is 240 g/mol. The van der Waals surface area contributed by atoms with E-state index in [1.54, 1.807) is 0 Å². The summed E-state index contributed by atoms with van der Waals surface area (Å²) in [7, 11) is 0. The molecule has 0 saturated carbocycles. The first-order chi connectivity index (χ1) is 5.61. The summed E-state index contributed by atoms with van der Waals surface area (Å²) in [5.41, 5.74) is 11.0. The number of hydrogen-bond donors (Lipinski definition) is 2. The van der Waals surface area contributed by atoms with Crippen LogP contribution in [0.4, 0.5) is 7.21 Å². The predicted molar refractivity (Wildman–Crippen MR) is 47.6 cm³/mol. The first-order valence-corrected chi connectivity index (χ1v) is 4.76. The first kappa shape index (κ1) is 15.7. The minimum absolute atomic E-state index is 0.00694. The van der Waals surface area contributed by atoms with Gasteiger partial charge in [-0.2, -0.15) is 0 Å². The van der Waals surface area contributed by atoms with Crippen molar-refractivity contribution < 1.29 is 22.5 Å². The van der Waals surface area contributed by atoms with Crippen LogP contribution in [-0.2, 0) is 15.3 Å². The van der Waals surface area contributed by atoms with Gasteiger partial charge in [0.25, 0.3) is 0 Å². The van der Waals surface area contributed by atoms with E-state index >= 15 is 0 Å². The summed E-state index contributed by atoms with van der Waals surface area (Å²) in [4.78, 5) is 0. The Morgan fingerprint density at radius 3 is 1.31 bits per heavy atom. The van der Waals surface area contributed by atoms with E-state index in [2.05, 4.69) is 27.7 Å². The van der Waals surface area contributed by atoms with Crippen molar-refractivity contribution in [3.05, 3.63) is 0 Å². The van der Waals surface area contributed by atoms with Gasteiger partial charge < -0.3 is 11.5 Å². The number of nitrogens with two attached hydrogens (primary N) is 2. The van der Waals surface area contributed by atoms with Crippen molar-refractivity contribution in [3.63, 3.8) is 0 Å². The van der Waals surface area contributed by atoms with E-state index in [-0.39, 0.29) is 5.41 Å². The Kier molecular flexibility index (Phi) is 7.13. The van der Waals surface area contributed by atoms with Crippen LogP contribution in [0.3, 0.4) is 0 Å². The minimum atomic E-state index is -1.38. The third kappa shape index (κ3) is 5.55. The quantitative estimate of drug-likeness (QED) is 0.574. The maximum atomic E-state index is 9.56. The molecular formula is C8H20F2N2Ni. The molecule has 0 aliphatic heterocycles. The molecule has 0 aliphatic rings. The Hall–Kier alpha value is 0.274. The molecule has 0 aromatic rings. The van der Waals surface area contributed by atoms with Gasteiger partial charge in [-0.1, -0.05) is 27.7 Å². The number of rotatable bonds is 2. The zero-order valence-electron chi connectivity index (χ0n) is 8.80. The molecule has 0 heterocycles. The average molecular weight is 241 g/mol. The van der Waals surface area contributed by atoms with Gasteiger partial charge in [0, 0.05) is 0 Å². The Morgan fingerprint density at radius 2 is 1.31 bits per heavy atom. The van der Waals surface area contributed by atoms with E-state index in [0.29, 0.717) is 5.92 Å². The fourth-order valence-electron chi connectivity index (χ4n) is 0.622. The SMILES string of the molecule is CC(C)C(C)(C)C(C)(N)N.[F][Ni][F]. The van der Waals surface area contributed by atoms with Gasteiger partial charge >= 0.3 is 22.5 Å². The van der Waals surface area contributed by atoms with Crippen LogP contribution in [0.2, 0.25) is 0 Å². The summed E-state index contributed by atoms with van der Waals surface area (Å²) in [6.45, 7) is 10.3. The van der Waals surface area contributed by atoms with E-state index in [9.17, 15) is 7.21 Å². The first-order valence-electron chi connectivity index (χ1n) is 4.01. The summed E-state index contributed by atoms with van der Waals surface area (Å²) < 4.78 is 19.1. The molecule has 86 valence electrons. The molecule has 0 aromatic carbocycles. The maximum absolute atomic E-state index is 9.56. The Bertz CT molecular complexity index is 133. The molecule has 0 aromatic heterocycles. The molecule has 4 N–H and O–H groups in total. The summed E-state index contributed by atoms with van der Waals surface area (Å²) in [6, 6.07) is 0. The second-order valence-corrected chi connectivity index (χ2v) is 4.35. The Morgan fingerprint density at radius 1 is 1.08 bits per heavy atom. The molecule has 0 radical (unpaired) electrons. The van der Waals surface area contributed by atoms with Crippen LogP contribution in [0.25, 0.3) is 0 Å². The van der Waals surface area contributed by atoms with Crippen LogP contribution in [0.1, 0.15) is 34.6 Å². The molecule has 0 bridgehead atoms. The van der Waals surface area contributed by atoms with E-state index in [4.69, 9.17) is 11.5 Å². The topological polar surface area (TPSA) is 52.0 Å². The fraction of sp³-hybridized carbons (Fsp3) is 1.00. The molecule has 0 atom stereocenters. The predicted octanol–water partition coefficient (Wildman–Crippen LogP) is 2.14. The third-order valence-electron chi connectivity index (χ3n) is 2.83.